The predicted molar refractivity (Wildman–Crippen MR) is 76.3 cm³/mol. The first-order valence-corrected chi connectivity index (χ1v) is 7.02. The van der Waals surface area contributed by atoms with Crippen molar-refractivity contribution < 1.29 is 0 Å². The molecule has 4 heteroatoms. The number of halogens is 1. The van der Waals surface area contributed by atoms with Crippen molar-refractivity contribution in [1.82, 2.24) is 15.1 Å². The van der Waals surface area contributed by atoms with Crippen molar-refractivity contribution in [2.75, 3.05) is 13.1 Å². The molecule has 3 nitrogen and oxygen atoms in total. The molecule has 0 fully saturated rings. The lowest BCUT2D eigenvalue weighted by molar-refractivity contribution is 0.415. The summed E-state index contributed by atoms with van der Waals surface area (Å²) < 4.78 is 3.07. The predicted octanol–water partition coefficient (Wildman–Crippen LogP) is 3.10. The quantitative estimate of drug-likeness (QED) is 0.818. The minimum absolute atomic E-state index is 0.133. The van der Waals surface area contributed by atoms with E-state index >= 15 is 0 Å². The maximum Gasteiger partial charge on any atom is 0.0635 e. The second-order valence-corrected chi connectivity index (χ2v) is 6.55. The summed E-state index contributed by atoms with van der Waals surface area (Å²) in [4.78, 5) is 0. The zero-order valence-corrected chi connectivity index (χ0v) is 13.1. The van der Waals surface area contributed by atoms with Crippen LogP contribution >= 0.6 is 15.9 Å². The van der Waals surface area contributed by atoms with E-state index in [1.807, 2.05) is 17.9 Å². The molecule has 1 rings (SSSR count). The molecule has 0 aromatic carbocycles. The van der Waals surface area contributed by atoms with Gasteiger partial charge in [0.2, 0.25) is 0 Å². The molecule has 1 aromatic heterocycles. The molecule has 98 valence electrons. The van der Waals surface area contributed by atoms with Crippen molar-refractivity contribution in [3.8, 4) is 0 Å². The van der Waals surface area contributed by atoms with Gasteiger partial charge in [-0.2, -0.15) is 5.10 Å². The Morgan fingerprint density at radius 3 is 2.59 bits per heavy atom. The van der Waals surface area contributed by atoms with E-state index in [9.17, 15) is 0 Å². The summed E-state index contributed by atoms with van der Waals surface area (Å²) in [7, 11) is 2.00. The molecule has 0 aliphatic carbocycles. The third kappa shape index (κ3) is 4.11. The molecule has 0 aliphatic rings. The van der Waals surface area contributed by atoms with Crippen LogP contribution in [0.4, 0.5) is 0 Å². The second-order valence-electron chi connectivity index (χ2n) is 5.70. The zero-order valence-electron chi connectivity index (χ0n) is 11.5. The van der Waals surface area contributed by atoms with Crippen LogP contribution in [0.2, 0.25) is 0 Å². The highest BCUT2D eigenvalue weighted by Gasteiger charge is 2.26. The Kier molecular flexibility index (Phi) is 5.20. The number of hydrogen-bond donors (Lipinski definition) is 1. The highest BCUT2D eigenvalue weighted by Crippen LogP contribution is 2.31. The molecular formula is C13H24BrN3. The van der Waals surface area contributed by atoms with Crippen LogP contribution in [0.3, 0.4) is 0 Å². The first kappa shape index (κ1) is 14.7. The van der Waals surface area contributed by atoms with Crippen LogP contribution in [0.5, 0.6) is 0 Å². The van der Waals surface area contributed by atoms with Crippen LogP contribution in [0.1, 0.15) is 39.8 Å². The van der Waals surface area contributed by atoms with Gasteiger partial charge in [0.15, 0.2) is 0 Å². The zero-order chi connectivity index (χ0) is 13.1. The van der Waals surface area contributed by atoms with Crippen LogP contribution < -0.4 is 5.32 Å². The highest BCUT2D eigenvalue weighted by molar-refractivity contribution is 9.10. The van der Waals surface area contributed by atoms with Gasteiger partial charge in [0, 0.05) is 12.5 Å². The maximum atomic E-state index is 4.29. The monoisotopic (exact) mass is 301 g/mol. The molecule has 0 unspecified atom stereocenters. The minimum atomic E-state index is 0.133. The molecule has 0 saturated heterocycles. The van der Waals surface area contributed by atoms with E-state index in [2.05, 4.69) is 54.0 Å². The molecule has 0 radical (unpaired) electrons. The van der Waals surface area contributed by atoms with Crippen LogP contribution in [0.25, 0.3) is 0 Å². The summed E-state index contributed by atoms with van der Waals surface area (Å²) in [5.41, 5.74) is 1.40. The Balaban J connectivity index is 2.57. The summed E-state index contributed by atoms with van der Waals surface area (Å²) in [6.07, 6.45) is 2.98. The lowest BCUT2D eigenvalue weighted by Gasteiger charge is -2.26. The van der Waals surface area contributed by atoms with E-state index in [4.69, 9.17) is 0 Å². The van der Waals surface area contributed by atoms with Gasteiger partial charge in [0.05, 0.1) is 16.4 Å². The van der Waals surface area contributed by atoms with Gasteiger partial charge in [-0.25, -0.2) is 0 Å². The molecule has 1 aromatic rings. The Morgan fingerprint density at radius 1 is 1.47 bits per heavy atom. The van der Waals surface area contributed by atoms with E-state index in [0.29, 0.717) is 5.92 Å². The Labute approximate surface area is 113 Å². The summed E-state index contributed by atoms with van der Waals surface area (Å²) in [5.74, 6) is 0.710. The number of aryl methyl sites for hydroxylation is 1. The first-order chi connectivity index (χ1) is 7.84. The maximum absolute atomic E-state index is 4.29. The van der Waals surface area contributed by atoms with E-state index in [0.717, 1.165) is 24.0 Å². The fraction of sp³-hybridized carbons (Fsp3) is 0.769. The van der Waals surface area contributed by atoms with Gasteiger partial charge >= 0.3 is 0 Å². The van der Waals surface area contributed by atoms with E-state index in [1.54, 1.807) is 0 Å². The molecule has 0 saturated carbocycles. The standard InChI is InChI=1S/C13H24BrN3/c1-10(2)8-15-7-6-13(3,4)12-11(14)9-16-17(12)5/h9-10,15H,6-8H2,1-5H3. The van der Waals surface area contributed by atoms with Gasteiger partial charge in [-0.1, -0.05) is 27.7 Å². The molecule has 0 atom stereocenters. The molecule has 1 N–H and O–H groups in total. The third-order valence-electron chi connectivity index (χ3n) is 3.01. The summed E-state index contributed by atoms with van der Waals surface area (Å²) in [6, 6.07) is 0. The summed E-state index contributed by atoms with van der Waals surface area (Å²) in [5, 5.41) is 7.79. The van der Waals surface area contributed by atoms with Crippen molar-refractivity contribution in [2.45, 2.75) is 39.5 Å². The lowest BCUT2D eigenvalue weighted by atomic mass is 9.85. The van der Waals surface area contributed by atoms with Crippen molar-refractivity contribution in [2.24, 2.45) is 13.0 Å². The van der Waals surface area contributed by atoms with E-state index in [1.165, 1.54) is 5.69 Å². The average molecular weight is 302 g/mol. The van der Waals surface area contributed by atoms with Crippen molar-refractivity contribution >= 4 is 15.9 Å². The average Bonchev–Trinajstić information content (AvgIpc) is 2.53. The van der Waals surface area contributed by atoms with Gasteiger partial charge in [0.25, 0.3) is 0 Å². The van der Waals surface area contributed by atoms with E-state index in [-0.39, 0.29) is 5.41 Å². The molecule has 1 heterocycles. The second kappa shape index (κ2) is 6.01. The highest BCUT2D eigenvalue weighted by atomic mass is 79.9. The Bertz CT molecular complexity index is 336. The van der Waals surface area contributed by atoms with Crippen LogP contribution in [0.15, 0.2) is 10.7 Å². The Hall–Kier alpha value is -0.350. The first-order valence-electron chi connectivity index (χ1n) is 6.23. The fourth-order valence-corrected chi connectivity index (χ4v) is 2.97. The van der Waals surface area contributed by atoms with Gasteiger partial charge in [0.1, 0.15) is 0 Å². The topological polar surface area (TPSA) is 29.9 Å². The van der Waals surface area contributed by atoms with E-state index < -0.39 is 0 Å². The lowest BCUT2D eigenvalue weighted by Crippen LogP contribution is -2.29. The molecule has 0 spiro atoms. The van der Waals surface area contributed by atoms with Crippen LogP contribution in [-0.4, -0.2) is 22.9 Å². The number of aromatic nitrogens is 2. The summed E-state index contributed by atoms with van der Waals surface area (Å²) >= 11 is 3.58. The molecule has 17 heavy (non-hydrogen) atoms. The SMILES string of the molecule is CC(C)CNCCC(C)(C)c1c(Br)cnn1C. The van der Waals surface area contributed by atoms with Crippen molar-refractivity contribution in [3.05, 3.63) is 16.4 Å². The van der Waals surface area contributed by atoms with Gasteiger partial charge in [-0.05, 0) is 41.4 Å². The van der Waals surface area contributed by atoms with Crippen molar-refractivity contribution in [1.29, 1.82) is 0 Å². The Morgan fingerprint density at radius 2 is 2.12 bits per heavy atom. The van der Waals surface area contributed by atoms with Gasteiger partial charge in [-0.3, -0.25) is 4.68 Å². The molecule has 0 aliphatic heterocycles. The number of rotatable bonds is 6. The van der Waals surface area contributed by atoms with Crippen molar-refractivity contribution in [3.63, 3.8) is 0 Å². The number of hydrogen-bond acceptors (Lipinski definition) is 2. The number of nitrogens with one attached hydrogen (secondary N) is 1. The van der Waals surface area contributed by atoms with Crippen LogP contribution in [0, 0.1) is 5.92 Å². The van der Waals surface area contributed by atoms with Gasteiger partial charge in [-0.15, -0.1) is 0 Å². The van der Waals surface area contributed by atoms with Crippen LogP contribution in [-0.2, 0) is 12.5 Å². The third-order valence-corrected chi connectivity index (χ3v) is 3.59. The molecule has 0 bridgehead atoms. The number of nitrogens with zero attached hydrogens (tertiary/aromatic N) is 2. The molecular weight excluding hydrogens is 278 g/mol. The smallest absolute Gasteiger partial charge is 0.0635 e. The summed E-state index contributed by atoms with van der Waals surface area (Å²) in [6.45, 7) is 11.1. The molecule has 0 amide bonds. The minimum Gasteiger partial charge on any atom is -0.316 e. The fourth-order valence-electron chi connectivity index (χ4n) is 2.08. The normalized spacial score (nSPS) is 12.4. The largest absolute Gasteiger partial charge is 0.316 e. The van der Waals surface area contributed by atoms with Gasteiger partial charge < -0.3 is 5.32 Å².